The van der Waals surface area contributed by atoms with Crippen molar-refractivity contribution < 1.29 is 111 Å². The zero-order valence-electron chi connectivity index (χ0n) is 42.1. The molecule has 82 heavy (non-hydrogen) atoms. The van der Waals surface area contributed by atoms with E-state index in [9.17, 15) is 70.4 Å². The van der Waals surface area contributed by atoms with Crippen molar-refractivity contribution in [3.8, 4) is 0 Å². The summed E-state index contributed by atoms with van der Waals surface area (Å²) < 4.78 is 151. The first-order valence-electron chi connectivity index (χ1n) is 23.6. The highest BCUT2D eigenvalue weighted by atomic mass is 32.2. The SMILES string of the molecule is CO[C@@H]1[C@H](OP(=O)(O)OC[C@@H]2C[C@@H](O)[C@H](n3cnc4c(=O)[nH]c(N)nc43)O2)[C@@H](COP(=O)(O)OP(=O)(O)OP(=O)(O)OC[C@H]2O[C@@H]([n+]3cn(C)c4c(=O)[nH]c(N)nc43)[C@H](O)[C@@H]2CNS(=O)(=O)CCCF)O[C@H]1n1cnc2c(N)ncnc21. The number of nitrogens with two attached hydrogens (primary N) is 3. The maximum absolute atomic E-state index is 13.7. The van der Waals surface area contributed by atoms with Gasteiger partial charge in [-0.05, 0) is 6.42 Å². The molecule has 0 spiro atoms. The Balaban J connectivity index is 0.874. The topological polar surface area (TPSA) is 568 Å². The minimum Gasteiger partial charge on any atom is -0.388 e. The van der Waals surface area contributed by atoms with Gasteiger partial charge in [0.25, 0.3) is 17.1 Å². The molecule has 9 rings (SSSR count). The number of aliphatic hydroxyl groups is 2. The quantitative estimate of drug-likeness (QED) is 0.0199. The van der Waals surface area contributed by atoms with Crippen LogP contribution >= 0.6 is 31.3 Å². The van der Waals surface area contributed by atoms with Crippen molar-refractivity contribution in [2.24, 2.45) is 13.0 Å². The zero-order chi connectivity index (χ0) is 59.4. The van der Waals surface area contributed by atoms with Gasteiger partial charge in [0.2, 0.25) is 27.7 Å². The molecule has 0 aliphatic carbocycles. The van der Waals surface area contributed by atoms with Crippen LogP contribution < -0.4 is 37.6 Å². The van der Waals surface area contributed by atoms with Crippen LogP contribution in [-0.4, -0.2) is 180 Å². The average Bonchev–Trinajstić information content (AvgIpc) is 3.48. The first-order chi connectivity index (χ1) is 38.5. The van der Waals surface area contributed by atoms with Crippen LogP contribution in [0, 0.1) is 5.92 Å². The van der Waals surface area contributed by atoms with E-state index in [4.69, 9.17) is 54.2 Å². The van der Waals surface area contributed by atoms with Crippen molar-refractivity contribution in [3.05, 3.63) is 46.0 Å². The summed E-state index contributed by atoms with van der Waals surface area (Å²) in [7, 11) is -25.3. The number of phosphoric ester groups is 3. The number of imidazole rings is 3. The van der Waals surface area contributed by atoms with Crippen molar-refractivity contribution in [2.45, 2.75) is 74.3 Å². The summed E-state index contributed by atoms with van der Waals surface area (Å²) in [4.78, 5) is 96.8. The molecular weight excluding hydrogens is 1220 g/mol. The van der Waals surface area contributed by atoms with Crippen LogP contribution in [0.15, 0.2) is 34.9 Å². The molecule has 0 bridgehead atoms. The highest BCUT2D eigenvalue weighted by Gasteiger charge is 2.53. The number of nitrogens with one attached hydrogen (secondary N) is 3. The molecule has 0 amide bonds. The van der Waals surface area contributed by atoms with Gasteiger partial charge in [0.05, 0.1) is 64.2 Å². The summed E-state index contributed by atoms with van der Waals surface area (Å²) in [5.41, 5.74) is 15.6. The number of H-pyrrole nitrogens is 2. The molecule has 0 aromatic carbocycles. The number of hydrogen-bond acceptors (Lipinski definition) is 29. The lowest BCUT2D eigenvalue weighted by Crippen LogP contribution is -2.46. The molecule has 6 aromatic heterocycles. The summed E-state index contributed by atoms with van der Waals surface area (Å²) in [5.74, 6) is -2.81. The zero-order valence-corrected chi connectivity index (χ0v) is 46.5. The monoisotopic (exact) mass is 1270 g/mol. The number of aryl methyl sites for hydroxylation is 1. The third-order valence-corrected chi connectivity index (χ3v) is 19.3. The van der Waals surface area contributed by atoms with Crippen molar-refractivity contribution in [3.63, 3.8) is 0 Å². The van der Waals surface area contributed by atoms with Crippen molar-refractivity contribution in [1.82, 2.24) is 58.3 Å². The van der Waals surface area contributed by atoms with Gasteiger partial charge in [0.1, 0.15) is 42.4 Å². The average molecular weight is 1270 g/mol. The normalized spacial score (nSPS) is 28.2. The first kappa shape index (κ1) is 61.3. The van der Waals surface area contributed by atoms with Crippen LogP contribution in [0.2, 0.25) is 0 Å². The number of aliphatic hydroxyl groups excluding tert-OH is 2. The number of nitrogen functional groups attached to an aromatic ring is 3. The molecule has 3 saturated heterocycles. The van der Waals surface area contributed by atoms with Gasteiger partial charge >= 0.3 is 36.9 Å². The number of hydrogen-bond donors (Lipinski definition) is 12. The standard InChI is InChI=1S/C36H51FN16O24P4S/c1-50-14-53(29-22(50)31(57)49-36(40)47-29)33-23(55)16(7-45-82(66,67)5-3-4-37)18(73-33)9-70-79(60,61)76-81(64,65)77-80(62,63)71-10-19-24(25(68-2)34(74-19)51-12-43-20-26(38)41-11-42-27(20)51)75-78(58,59)69-8-15-6-17(54)32(72-15)52-13-44-21-28(52)46-35(39)48-30(21)56/h11-19,23-25,32-34,45,54-55H,3-10H2,1-2H3,(H11-,38,39,40,41,42,46,47,48,49,56,57,58,59,60,61,62,63,64,65)/p+1/t15-,16+,17+,18+,19+,23+,24+,25+,32+,33+,34+/m0/s1. The summed E-state index contributed by atoms with van der Waals surface area (Å²) in [6.07, 6.45) is -11.3. The van der Waals surface area contributed by atoms with E-state index in [1.807, 2.05) is 0 Å². The molecular formula is C36H52FN16O24P4S+. The predicted octanol–water partition coefficient (Wildman–Crippen LogP) is -3.15. The maximum Gasteiger partial charge on any atom is 0.490 e. The molecule has 9 heterocycles. The molecule has 15 N–H and O–H groups in total. The smallest absolute Gasteiger partial charge is 0.388 e. The number of anilines is 3. The molecule has 0 radical (unpaired) electrons. The van der Waals surface area contributed by atoms with Gasteiger partial charge in [-0.3, -0.25) is 55.7 Å². The van der Waals surface area contributed by atoms with Crippen LogP contribution in [0.1, 0.15) is 31.5 Å². The predicted molar refractivity (Wildman–Crippen MR) is 267 cm³/mol. The second-order valence-corrected chi connectivity index (χ2v) is 26.2. The number of sulfonamides is 1. The van der Waals surface area contributed by atoms with Crippen molar-refractivity contribution in [1.29, 1.82) is 0 Å². The van der Waals surface area contributed by atoms with Gasteiger partial charge in [-0.2, -0.15) is 13.6 Å². The number of ether oxygens (including phenoxy) is 4. The Hall–Kier alpha value is -5.23. The lowest BCUT2D eigenvalue weighted by atomic mass is 9.98. The fourth-order valence-electron chi connectivity index (χ4n) is 9.17. The molecule has 3 fully saturated rings. The van der Waals surface area contributed by atoms with Crippen LogP contribution in [0.3, 0.4) is 0 Å². The van der Waals surface area contributed by atoms with Gasteiger partial charge in [0.15, 0.2) is 41.4 Å². The van der Waals surface area contributed by atoms with Crippen molar-refractivity contribution >= 4 is 92.5 Å². The summed E-state index contributed by atoms with van der Waals surface area (Å²) in [6.45, 7) is -4.86. The van der Waals surface area contributed by atoms with E-state index in [0.717, 1.165) is 30.7 Å². The molecule has 6 aromatic rings. The van der Waals surface area contributed by atoms with Gasteiger partial charge in [-0.25, -0.2) is 55.9 Å². The van der Waals surface area contributed by atoms with Crippen LogP contribution in [0.4, 0.5) is 22.1 Å². The fourth-order valence-corrected chi connectivity index (χ4v) is 14.7. The van der Waals surface area contributed by atoms with Crippen LogP contribution in [0.5, 0.6) is 0 Å². The molecule has 46 heteroatoms. The van der Waals surface area contributed by atoms with Crippen LogP contribution in [-0.2, 0) is 81.0 Å². The summed E-state index contributed by atoms with van der Waals surface area (Å²) in [6, 6.07) is 0. The Morgan fingerprint density at radius 1 is 0.805 bits per heavy atom. The van der Waals surface area contributed by atoms with E-state index in [2.05, 4.69) is 53.2 Å². The summed E-state index contributed by atoms with van der Waals surface area (Å²) >= 11 is 0. The number of rotatable bonds is 25. The third-order valence-electron chi connectivity index (χ3n) is 12.7. The Morgan fingerprint density at radius 2 is 1.44 bits per heavy atom. The van der Waals surface area contributed by atoms with E-state index in [-0.39, 0.29) is 57.6 Å². The largest absolute Gasteiger partial charge is 0.490 e. The lowest BCUT2D eigenvalue weighted by molar-refractivity contribution is -0.745. The number of phosphoric acid groups is 4. The van der Waals surface area contributed by atoms with E-state index >= 15 is 0 Å². The molecule has 3 aliphatic rings. The second-order valence-electron chi connectivity index (χ2n) is 18.3. The minimum atomic E-state index is -6.28. The third kappa shape index (κ3) is 13.3. The molecule has 40 nitrogen and oxygen atoms in total. The van der Waals surface area contributed by atoms with Crippen molar-refractivity contribution in [2.75, 3.05) is 63.1 Å². The lowest BCUT2D eigenvalue weighted by Gasteiger charge is -2.26. The van der Waals surface area contributed by atoms with E-state index < -0.39 is 165 Å². The Kier molecular flexibility index (Phi) is 17.7. The summed E-state index contributed by atoms with van der Waals surface area (Å²) in [5, 5.41) is 22.4. The van der Waals surface area contributed by atoms with Gasteiger partial charge in [0, 0.05) is 26.0 Å². The second kappa shape index (κ2) is 23.7. The number of aromatic nitrogens is 12. The number of alkyl halides is 1. The Labute approximate surface area is 457 Å². The van der Waals surface area contributed by atoms with Gasteiger partial charge in [-0.15, -0.1) is 0 Å². The number of fused-ring (bicyclic) bond motifs is 3. The minimum absolute atomic E-state index is 0.0123. The number of aromatic amines is 2. The van der Waals surface area contributed by atoms with E-state index in [0.29, 0.717) is 0 Å². The van der Waals surface area contributed by atoms with Crippen LogP contribution in [0.25, 0.3) is 33.5 Å². The van der Waals surface area contributed by atoms with E-state index in [1.54, 1.807) is 0 Å². The Morgan fingerprint density at radius 3 is 2.12 bits per heavy atom. The van der Waals surface area contributed by atoms with Gasteiger partial charge < -0.3 is 65.9 Å². The molecule has 4 unspecified atom stereocenters. The molecule has 0 saturated carbocycles. The highest BCUT2D eigenvalue weighted by Crippen LogP contribution is 2.68. The number of halogens is 1. The molecule has 15 atom stereocenters. The maximum atomic E-state index is 13.7. The highest BCUT2D eigenvalue weighted by molar-refractivity contribution is 7.89. The fraction of sp³-hybridized carbons (Fsp3) is 0.583. The Bertz CT molecular complexity index is 3800. The first-order valence-corrected chi connectivity index (χ1v) is 31.3. The van der Waals surface area contributed by atoms with Gasteiger partial charge in [-0.1, -0.05) is 4.98 Å². The number of nitrogens with zero attached hydrogens (tertiary/aromatic N) is 10. The van der Waals surface area contributed by atoms with E-state index in [1.165, 1.54) is 27.1 Å². The number of methoxy groups -OCH3 is 1. The molecule has 3 aliphatic heterocycles. The molecule has 452 valence electrons.